The number of methoxy groups -OCH3 is 1. The van der Waals surface area contributed by atoms with Crippen LogP contribution < -0.4 is 5.32 Å². The molecule has 0 aromatic heterocycles. The molecule has 0 saturated heterocycles. The van der Waals surface area contributed by atoms with Crippen molar-refractivity contribution in [2.45, 2.75) is 51.6 Å². The third-order valence-electron chi connectivity index (χ3n) is 4.15. The zero-order chi connectivity index (χ0) is 13.8. The quantitative estimate of drug-likeness (QED) is 0.847. The second-order valence-electron chi connectivity index (χ2n) is 5.39. The minimum Gasteiger partial charge on any atom is -0.468 e. The van der Waals surface area contributed by atoms with Gasteiger partial charge in [-0.05, 0) is 43.4 Å². The van der Waals surface area contributed by atoms with Crippen LogP contribution in [0.5, 0.6) is 0 Å². The Morgan fingerprint density at radius 3 is 2.63 bits per heavy atom. The van der Waals surface area contributed by atoms with E-state index in [2.05, 4.69) is 25.2 Å². The Morgan fingerprint density at radius 2 is 2.00 bits per heavy atom. The molecule has 1 aromatic rings. The van der Waals surface area contributed by atoms with E-state index in [1.165, 1.54) is 31.1 Å². The largest absolute Gasteiger partial charge is 0.468 e. The number of benzene rings is 1. The van der Waals surface area contributed by atoms with Gasteiger partial charge in [-0.15, -0.1) is 0 Å². The van der Waals surface area contributed by atoms with E-state index in [9.17, 15) is 4.79 Å². The van der Waals surface area contributed by atoms with Gasteiger partial charge >= 0.3 is 5.97 Å². The molecule has 0 amide bonds. The highest BCUT2D eigenvalue weighted by atomic mass is 16.5. The lowest BCUT2D eigenvalue weighted by molar-refractivity contribution is -0.143. The van der Waals surface area contributed by atoms with Crippen LogP contribution in [-0.4, -0.2) is 19.1 Å². The summed E-state index contributed by atoms with van der Waals surface area (Å²) in [6, 6.07) is 6.19. The minimum absolute atomic E-state index is 0.194. The smallest absolute Gasteiger partial charge is 0.327 e. The molecule has 2 rings (SSSR count). The molecule has 0 bridgehead atoms. The van der Waals surface area contributed by atoms with Crippen molar-refractivity contribution in [1.82, 2.24) is 5.32 Å². The maximum absolute atomic E-state index is 12.1. The Morgan fingerprint density at radius 1 is 1.32 bits per heavy atom. The number of ether oxygens (including phenoxy) is 1. The molecule has 1 aliphatic rings. The first kappa shape index (κ1) is 14.1. The maximum Gasteiger partial charge on any atom is 0.327 e. The van der Waals surface area contributed by atoms with Gasteiger partial charge in [0.25, 0.3) is 0 Å². The zero-order valence-electron chi connectivity index (χ0n) is 12.0. The van der Waals surface area contributed by atoms with Crippen LogP contribution in [0.25, 0.3) is 0 Å². The van der Waals surface area contributed by atoms with Crippen LogP contribution in [0.3, 0.4) is 0 Å². The zero-order valence-corrected chi connectivity index (χ0v) is 12.0. The summed E-state index contributed by atoms with van der Waals surface area (Å²) in [5.41, 5.74) is 3.42. The highest BCUT2D eigenvalue weighted by Crippen LogP contribution is 2.26. The van der Waals surface area contributed by atoms with Crippen molar-refractivity contribution in [1.29, 1.82) is 0 Å². The van der Waals surface area contributed by atoms with Gasteiger partial charge < -0.3 is 4.74 Å². The average Bonchev–Trinajstić information content (AvgIpc) is 2.92. The molecule has 3 nitrogen and oxygen atoms in total. The Bertz CT molecular complexity index is 450. The minimum atomic E-state index is -0.340. The van der Waals surface area contributed by atoms with Crippen LogP contribution in [0.4, 0.5) is 0 Å². The lowest BCUT2D eigenvalue weighted by atomic mass is 9.96. The first-order chi connectivity index (χ1) is 9.13. The van der Waals surface area contributed by atoms with Gasteiger partial charge in [0, 0.05) is 6.04 Å². The van der Waals surface area contributed by atoms with E-state index in [0.717, 1.165) is 18.4 Å². The molecular formula is C16H23NO2. The molecular weight excluding hydrogens is 238 g/mol. The summed E-state index contributed by atoms with van der Waals surface area (Å²) in [4.78, 5) is 12.1. The second-order valence-corrected chi connectivity index (χ2v) is 5.39. The average molecular weight is 261 g/mol. The van der Waals surface area contributed by atoms with Crippen molar-refractivity contribution in [2.75, 3.05) is 7.11 Å². The molecule has 0 heterocycles. The van der Waals surface area contributed by atoms with Gasteiger partial charge in [-0.1, -0.05) is 31.0 Å². The fourth-order valence-electron chi connectivity index (χ4n) is 2.82. The lowest BCUT2D eigenvalue weighted by Gasteiger charge is -2.23. The molecule has 1 unspecified atom stereocenters. The molecule has 1 N–H and O–H groups in total. The first-order valence-electron chi connectivity index (χ1n) is 7.03. The molecule has 1 saturated carbocycles. The third-order valence-corrected chi connectivity index (χ3v) is 4.15. The predicted octanol–water partition coefficient (Wildman–Crippen LogP) is 3.05. The summed E-state index contributed by atoms with van der Waals surface area (Å²) in [6.45, 7) is 4.14. The van der Waals surface area contributed by atoms with Gasteiger partial charge in [-0.3, -0.25) is 5.32 Å². The van der Waals surface area contributed by atoms with Gasteiger partial charge in [0.2, 0.25) is 0 Å². The number of esters is 1. The number of nitrogens with one attached hydrogen (secondary N) is 1. The summed E-state index contributed by atoms with van der Waals surface area (Å²) in [7, 11) is 1.46. The van der Waals surface area contributed by atoms with Crippen molar-refractivity contribution in [2.24, 2.45) is 0 Å². The molecule has 0 spiro atoms. The topological polar surface area (TPSA) is 38.3 Å². The van der Waals surface area contributed by atoms with E-state index in [-0.39, 0.29) is 12.0 Å². The van der Waals surface area contributed by atoms with E-state index >= 15 is 0 Å². The van der Waals surface area contributed by atoms with Crippen molar-refractivity contribution in [3.8, 4) is 0 Å². The van der Waals surface area contributed by atoms with Crippen LogP contribution in [0.2, 0.25) is 0 Å². The summed E-state index contributed by atoms with van der Waals surface area (Å²) < 4.78 is 4.97. The lowest BCUT2D eigenvalue weighted by Crippen LogP contribution is -2.36. The molecule has 0 radical (unpaired) electrons. The molecule has 3 heteroatoms. The molecule has 1 atom stereocenters. The molecule has 1 aromatic carbocycles. The van der Waals surface area contributed by atoms with Crippen molar-refractivity contribution in [3.05, 3.63) is 34.9 Å². The van der Waals surface area contributed by atoms with Gasteiger partial charge in [-0.25, -0.2) is 4.79 Å². The standard InChI is InChI=1S/C16H23NO2/c1-11-7-6-10-14(12(11)2)15(16(18)19-3)17-13-8-4-5-9-13/h6-7,10,13,15,17H,4-5,8-9H2,1-3H3. The van der Waals surface area contributed by atoms with E-state index in [4.69, 9.17) is 4.74 Å². The van der Waals surface area contributed by atoms with Crippen LogP contribution in [0, 0.1) is 13.8 Å². The summed E-state index contributed by atoms with van der Waals surface area (Å²) in [6.07, 6.45) is 4.80. The first-order valence-corrected chi connectivity index (χ1v) is 7.03. The molecule has 1 fully saturated rings. The number of hydrogen-bond donors (Lipinski definition) is 1. The van der Waals surface area contributed by atoms with Crippen LogP contribution in [0.15, 0.2) is 18.2 Å². The highest BCUT2D eigenvalue weighted by Gasteiger charge is 2.27. The maximum atomic E-state index is 12.1. The number of carbonyl (C=O) groups is 1. The van der Waals surface area contributed by atoms with Crippen molar-refractivity contribution >= 4 is 5.97 Å². The van der Waals surface area contributed by atoms with Crippen molar-refractivity contribution in [3.63, 3.8) is 0 Å². The molecule has 0 aliphatic heterocycles. The van der Waals surface area contributed by atoms with Crippen LogP contribution in [-0.2, 0) is 9.53 Å². The van der Waals surface area contributed by atoms with E-state index in [1.54, 1.807) is 0 Å². The monoisotopic (exact) mass is 261 g/mol. The van der Waals surface area contributed by atoms with E-state index in [1.807, 2.05) is 12.1 Å². The van der Waals surface area contributed by atoms with E-state index < -0.39 is 0 Å². The van der Waals surface area contributed by atoms with Gasteiger partial charge in [-0.2, -0.15) is 0 Å². The summed E-state index contributed by atoms with van der Waals surface area (Å²) in [5, 5.41) is 3.48. The molecule has 1 aliphatic carbocycles. The summed E-state index contributed by atoms with van der Waals surface area (Å²) in [5.74, 6) is -0.194. The highest BCUT2D eigenvalue weighted by molar-refractivity contribution is 5.78. The Kier molecular flexibility index (Phi) is 4.59. The van der Waals surface area contributed by atoms with Crippen molar-refractivity contribution < 1.29 is 9.53 Å². The molecule has 104 valence electrons. The molecule has 19 heavy (non-hydrogen) atoms. The fraction of sp³-hybridized carbons (Fsp3) is 0.562. The predicted molar refractivity (Wildman–Crippen MR) is 76.1 cm³/mol. The number of hydrogen-bond acceptors (Lipinski definition) is 3. The van der Waals surface area contributed by atoms with Gasteiger partial charge in [0.05, 0.1) is 7.11 Å². The Hall–Kier alpha value is -1.35. The second kappa shape index (κ2) is 6.20. The Labute approximate surface area is 115 Å². The number of rotatable bonds is 4. The number of carbonyl (C=O) groups excluding carboxylic acids is 1. The summed E-state index contributed by atoms with van der Waals surface area (Å²) >= 11 is 0. The Balaban J connectivity index is 2.25. The van der Waals surface area contributed by atoms with E-state index in [0.29, 0.717) is 6.04 Å². The van der Waals surface area contributed by atoms with Crippen LogP contribution >= 0.6 is 0 Å². The third kappa shape index (κ3) is 3.16. The normalized spacial score (nSPS) is 17.4. The van der Waals surface area contributed by atoms with Crippen LogP contribution in [0.1, 0.15) is 48.4 Å². The SMILES string of the molecule is COC(=O)C(NC1CCCC1)c1cccc(C)c1C. The number of aryl methyl sites for hydroxylation is 1. The van der Waals surface area contributed by atoms with Gasteiger partial charge in [0.15, 0.2) is 0 Å². The fourth-order valence-corrected chi connectivity index (χ4v) is 2.82. The van der Waals surface area contributed by atoms with Gasteiger partial charge in [0.1, 0.15) is 6.04 Å².